The van der Waals surface area contributed by atoms with Gasteiger partial charge >= 0.3 is 0 Å². The predicted molar refractivity (Wildman–Crippen MR) is 97.7 cm³/mol. The van der Waals surface area contributed by atoms with Gasteiger partial charge in [0.15, 0.2) is 0 Å². The Labute approximate surface area is 145 Å². The van der Waals surface area contributed by atoms with Crippen molar-refractivity contribution in [2.45, 2.75) is 52.4 Å². The van der Waals surface area contributed by atoms with Crippen LogP contribution in [0.2, 0.25) is 0 Å². The number of carbonyl (C=O) groups is 2. The van der Waals surface area contributed by atoms with Crippen LogP contribution in [0.1, 0.15) is 52.4 Å². The van der Waals surface area contributed by atoms with Crippen molar-refractivity contribution in [2.24, 2.45) is 11.8 Å². The summed E-state index contributed by atoms with van der Waals surface area (Å²) in [6.45, 7) is 5.58. The molecule has 0 spiro atoms. The van der Waals surface area contributed by atoms with Crippen molar-refractivity contribution < 1.29 is 9.59 Å². The van der Waals surface area contributed by atoms with Crippen LogP contribution in [0.3, 0.4) is 0 Å². The molecule has 1 fully saturated rings. The number of unbranched alkanes of at least 4 members (excludes halogenated alkanes) is 1. The van der Waals surface area contributed by atoms with Gasteiger partial charge in [-0.15, -0.1) is 0 Å². The quantitative estimate of drug-likeness (QED) is 0.819. The molecule has 1 aromatic rings. The molecule has 0 aromatic heterocycles. The molecule has 2 unspecified atom stereocenters. The Balaban J connectivity index is 1.92. The minimum absolute atomic E-state index is 0.0281. The summed E-state index contributed by atoms with van der Waals surface area (Å²) in [6, 6.07) is 9.53. The smallest absolute Gasteiger partial charge is 0.229 e. The van der Waals surface area contributed by atoms with E-state index in [1.165, 1.54) is 0 Å². The van der Waals surface area contributed by atoms with Gasteiger partial charge in [-0.05, 0) is 37.8 Å². The molecule has 0 radical (unpaired) electrons. The van der Waals surface area contributed by atoms with Gasteiger partial charge in [-0.25, -0.2) is 0 Å². The molecule has 4 nitrogen and oxygen atoms in total. The molecular formula is C20H30N2O2. The van der Waals surface area contributed by atoms with E-state index >= 15 is 0 Å². The molecule has 2 rings (SSSR count). The average Bonchev–Trinajstić information content (AvgIpc) is 2.63. The maximum Gasteiger partial charge on any atom is 0.229 e. The highest BCUT2D eigenvalue weighted by Crippen LogP contribution is 2.23. The van der Waals surface area contributed by atoms with Crippen molar-refractivity contribution in [2.75, 3.05) is 18.4 Å². The normalized spacial score (nSPS) is 18.9. The zero-order valence-electron chi connectivity index (χ0n) is 15.0. The summed E-state index contributed by atoms with van der Waals surface area (Å²) in [5, 5.41) is 2.97. The summed E-state index contributed by atoms with van der Waals surface area (Å²) in [4.78, 5) is 27.2. The minimum Gasteiger partial charge on any atom is -0.342 e. The maximum atomic E-state index is 12.8. The summed E-state index contributed by atoms with van der Waals surface area (Å²) in [7, 11) is 0. The second kappa shape index (κ2) is 9.45. The van der Waals surface area contributed by atoms with Crippen molar-refractivity contribution in [3.8, 4) is 0 Å². The fourth-order valence-electron chi connectivity index (χ4n) is 3.37. The SMILES string of the molecule is CCCCC(CC)C(=O)N1CCCC(C(=O)Nc2ccccc2)C1. The monoisotopic (exact) mass is 330 g/mol. The molecule has 1 aliphatic heterocycles. The van der Waals surface area contributed by atoms with Gasteiger partial charge in [-0.2, -0.15) is 0 Å². The fourth-order valence-corrected chi connectivity index (χ4v) is 3.37. The Bertz CT molecular complexity index is 530. The molecule has 0 bridgehead atoms. The Kier molecular flexibility index (Phi) is 7.29. The Morgan fingerprint density at radius 3 is 2.67 bits per heavy atom. The summed E-state index contributed by atoms with van der Waals surface area (Å²) in [5.74, 6) is 0.274. The van der Waals surface area contributed by atoms with Gasteiger partial charge in [-0.3, -0.25) is 9.59 Å². The summed E-state index contributed by atoms with van der Waals surface area (Å²) >= 11 is 0. The van der Waals surface area contributed by atoms with Crippen LogP contribution in [0.15, 0.2) is 30.3 Å². The number of amides is 2. The van der Waals surface area contributed by atoms with Crippen molar-refractivity contribution in [1.29, 1.82) is 0 Å². The molecule has 1 aromatic carbocycles. The third-order valence-electron chi connectivity index (χ3n) is 4.89. The second-order valence-electron chi connectivity index (χ2n) is 6.73. The van der Waals surface area contributed by atoms with E-state index in [-0.39, 0.29) is 23.7 Å². The lowest BCUT2D eigenvalue weighted by Gasteiger charge is -2.34. The molecule has 0 saturated carbocycles. The highest BCUT2D eigenvalue weighted by molar-refractivity contribution is 5.93. The zero-order valence-corrected chi connectivity index (χ0v) is 15.0. The highest BCUT2D eigenvalue weighted by atomic mass is 16.2. The standard InChI is InChI=1S/C20H30N2O2/c1-3-5-10-16(4-2)20(24)22-14-9-11-17(15-22)19(23)21-18-12-7-6-8-13-18/h6-8,12-13,16-17H,3-5,9-11,14-15H2,1-2H3,(H,21,23). The number of anilines is 1. The van der Waals surface area contributed by atoms with E-state index < -0.39 is 0 Å². The molecule has 132 valence electrons. The molecule has 24 heavy (non-hydrogen) atoms. The van der Waals surface area contributed by atoms with E-state index in [0.717, 1.165) is 50.8 Å². The largest absolute Gasteiger partial charge is 0.342 e. The molecule has 1 N–H and O–H groups in total. The number of nitrogens with zero attached hydrogens (tertiary/aromatic N) is 1. The first kappa shape index (κ1) is 18.5. The van der Waals surface area contributed by atoms with E-state index in [2.05, 4.69) is 19.2 Å². The highest BCUT2D eigenvalue weighted by Gasteiger charge is 2.31. The topological polar surface area (TPSA) is 49.4 Å². The van der Waals surface area contributed by atoms with Crippen LogP contribution in [0, 0.1) is 11.8 Å². The molecule has 2 atom stereocenters. The molecule has 1 saturated heterocycles. The van der Waals surface area contributed by atoms with Crippen LogP contribution in [0.25, 0.3) is 0 Å². The van der Waals surface area contributed by atoms with E-state index in [9.17, 15) is 9.59 Å². The number of para-hydroxylation sites is 1. The van der Waals surface area contributed by atoms with Crippen molar-refractivity contribution in [3.05, 3.63) is 30.3 Å². The number of piperidine rings is 1. The summed E-state index contributed by atoms with van der Waals surface area (Å²) < 4.78 is 0. The fraction of sp³-hybridized carbons (Fsp3) is 0.600. The second-order valence-corrected chi connectivity index (χ2v) is 6.73. The van der Waals surface area contributed by atoms with Crippen LogP contribution in [0.5, 0.6) is 0 Å². The van der Waals surface area contributed by atoms with Gasteiger partial charge < -0.3 is 10.2 Å². The Morgan fingerprint density at radius 1 is 1.25 bits per heavy atom. The van der Waals surface area contributed by atoms with Crippen LogP contribution in [0.4, 0.5) is 5.69 Å². The predicted octanol–water partition coefficient (Wildman–Crippen LogP) is 4.08. The first-order valence-electron chi connectivity index (χ1n) is 9.30. The molecule has 0 aliphatic carbocycles. The number of hydrogen-bond donors (Lipinski definition) is 1. The van der Waals surface area contributed by atoms with E-state index in [0.29, 0.717) is 6.54 Å². The van der Waals surface area contributed by atoms with E-state index in [1.54, 1.807) is 0 Å². The Morgan fingerprint density at radius 2 is 2.00 bits per heavy atom. The van der Waals surface area contributed by atoms with E-state index in [4.69, 9.17) is 0 Å². The number of nitrogens with one attached hydrogen (secondary N) is 1. The number of hydrogen-bond acceptors (Lipinski definition) is 2. The van der Waals surface area contributed by atoms with Crippen LogP contribution in [-0.4, -0.2) is 29.8 Å². The summed E-state index contributed by atoms with van der Waals surface area (Å²) in [5.41, 5.74) is 0.820. The zero-order chi connectivity index (χ0) is 17.4. The lowest BCUT2D eigenvalue weighted by Crippen LogP contribution is -2.46. The van der Waals surface area contributed by atoms with Crippen molar-refractivity contribution in [1.82, 2.24) is 4.90 Å². The molecular weight excluding hydrogens is 300 g/mol. The third-order valence-corrected chi connectivity index (χ3v) is 4.89. The van der Waals surface area contributed by atoms with Crippen LogP contribution >= 0.6 is 0 Å². The number of rotatable bonds is 7. The number of likely N-dealkylation sites (tertiary alicyclic amines) is 1. The van der Waals surface area contributed by atoms with Crippen molar-refractivity contribution in [3.63, 3.8) is 0 Å². The lowest BCUT2D eigenvalue weighted by atomic mass is 9.93. The van der Waals surface area contributed by atoms with Gasteiger partial charge in [0.1, 0.15) is 0 Å². The first-order chi connectivity index (χ1) is 11.7. The average molecular weight is 330 g/mol. The van der Waals surface area contributed by atoms with Gasteiger partial charge in [-0.1, -0.05) is 44.9 Å². The van der Waals surface area contributed by atoms with Crippen LogP contribution < -0.4 is 5.32 Å². The Hall–Kier alpha value is -1.84. The summed E-state index contributed by atoms with van der Waals surface area (Å²) in [6.07, 6.45) is 5.82. The first-order valence-corrected chi connectivity index (χ1v) is 9.30. The van der Waals surface area contributed by atoms with Gasteiger partial charge in [0.25, 0.3) is 0 Å². The number of carbonyl (C=O) groups excluding carboxylic acids is 2. The van der Waals surface area contributed by atoms with Gasteiger partial charge in [0.05, 0.1) is 5.92 Å². The molecule has 4 heteroatoms. The minimum atomic E-state index is -0.105. The van der Waals surface area contributed by atoms with E-state index in [1.807, 2.05) is 35.2 Å². The molecule has 1 aliphatic rings. The van der Waals surface area contributed by atoms with Gasteiger partial charge in [0.2, 0.25) is 11.8 Å². The van der Waals surface area contributed by atoms with Gasteiger partial charge in [0, 0.05) is 24.7 Å². The maximum absolute atomic E-state index is 12.8. The molecule has 1 heterocycles. The third kappa shape index (κ3) is 5.08. The molecule has 2 amide bonds. The lowest BCUT2D eigenvalue weighted by molar-refractivity contribution is -0.138. The van der Waals surface area contributed by atoms with Crippen LogP contribution in [-0.2, 0) is 9.59 Å². The van der Waals surface area contributed by atoms with Crippen molar-refractivity contribution >= 4 is 17.5 Å². The number of benzene rings is 1.